The molecule has 17 heavy (non-hydrogen) atoms. The van der Waals surface area contributed by atoms with Crippen LogP contribution >= 0.6 is 27.5 Å². The topological polar surface area (TPSA) is 33.1 Å². The number of aliphatic hydroxyl groups is 1. The molecule has 0 aliphatic carbocycles. The Labute approximate surface area is 111 Å². The summed E-state index contributed by atoms with van der Waals surface area (Å²) in [6, 6.07) is 6.27. The minimum absolute atomic E-state index is 0.396. The molecule has 0 saturated carbocycles. The Bertz CT molecular complexity index is 550. The highest BCUT2D eigenvalue weighted by Gasteiger charge is 2.14. The van der Waals surface area contributed by atoms with Crippen LogP contribution in [0.5, 0.6) is 0 Å². The zero-order valence-electron chi connectivity index (χ0n) is 8.57. The number of aliphatic hydroxyl groups excluding tert-OH is 1. The Balaban J connectivity index is 2.40. The van der Waals surface area contributed by atoms with E-state index in [1.807, 2.05) is 0 Å². The summed E-state index contributed by atoms with van der Waals surface area (Å²) in [5.74, 6) is -0.480. The molecular formula is C12H8BrClFNO. The van der Waals surface area contributed by atoms with Crippen molar-refractivity contribution in [3.8, 4) is 0 Å². The molecule has 0 fully saturated rings. The molecule has 1 N–H and O–H groups in total. The molecule has 1 atom stereocenters. The molecule has 0 saturated heterocycles. The predicted octanol–water partition coefficient (Wildman–Crippen LogP) is 3.72. The van der Waals surface area contributed by atoms with Crippen molar-refractivity contribution < 1.29 is 9.50 Å². The van der Waals surface area contributed by atoms with Gasteiger partial charge in [-0.15, -0.1) is 0 Å². The van der Waals surface area contributed by atoms with Gasteiger partial charge in [0.1, 0.15) is 11.9 Å². The van der Waals surface area contributed by atoms with Crippen LogP contribution in [0.15, 0.2) is 41.1 Å². The number of benzene rings is 1. The molecule has 2 rings (SSSR count). The summed E-state index contributed by atoms with van der Waals surface area (Å²) >= 11 is 9.11. The molecule has 1 unspecified atom stereocenters. The smallest absolute Gasteiger partial charge is 0.141 e. The number of halogens is 3. The first kappa shape index (κ1) is 12.5. The van der Waals surface area contributed by atoms with E-state index in [2.05, 4.69) is 20.9 Å². The normalized spacial score (nSPS) is 12.5. The average Bonchev–Trinajstić information content (AvgIpc) is 2.28. The molecule has 0 spiro atoms. The van der Waals surface area contributed by atoms with Gasteiger partial charge in [0.2, 0.25) is 0 Å². The predicted molar refractivity (Wildman–Crippen MR) is 67.4 cm³/mol. The first-order chi connectivity index (χ1) is 8.08. The summed E-state index contributed by atoms with van der Waals surface area (Å²) < 4.78 is 13.7. The molecule has 1 aromatic heterocycles. The maximum absolute atomic E-state index is 13.0. The third kappa shape index (κ3) is 2.83. The van der Waals surface area contributed by atoms with Crippen LogP contribution in [0, 0.1) is 5.82 Å². The number of hydrogen-bond donors (Lipinski definition) is 1. The number of rotatable bonds is 2. The first-order valence-electron chi connectivity index (χ1n) is 4.81. The zero-order chi connectivity index (χ0) is 12.4. The summed E-state index contributed by atoms with van der Waals surface area (Å²) in [6.45, 7) is 0. The van der Waals surface area contributed by atoms with Gasteiger partial charge >= 0.3 is 0 Å². The van der Waals surface area contributed by atoms with E-state index in [-0.39, 0.29) is 0 Å². The van der Waals surface area contributed by atoms with E-state index in [1.54, 1.807) is 18.2 Å². The molecule has 0 amide bonds. The van der Waals surface area contributed by atoms with Crippen LogP contribution in [0.4, 0.5) is 4.39 Å². The highest BCUT2D eigenvalue weighted by Crippen LogP contribution is 2.30. The van der Waals surface area contributed by atoms with Crippen LogP contribution in [-0.4, -0.2) is 10.1 Å². The van der Waals surface area contributed by atoms with Gasteiger partial charge in [-0.25, -0.2) is 4.39 Å². The van der Waals surface area contributed by atoms with Crippen LogP contribution < -0.4 is 0 Å². The number of pyridine rings is 1. The molecule has 1 heterocycles. The molecule has 2 aromatic rings. The van der Waals surface area contributed by atoms with E-state index in [0.717, 1.165) is 6.20 Å². The average molecular weight is 317 g/mol. The third-order valence-electron chi connectivity index (χ3n) is 2.30. The Morgan fingerprint density at radius 3 is 2.71 bits per heavy atom. The molecule has 0 radical (unpaired) electrons. The summed E-state index contributed by atoms with van der Waals surface area (Å²) in [4.78, 5) is 3.70. The molecule has 5 heteroatoms. The molecule has 0 bridgehead atoms. The molecule has 0 aliphatic rings. The van der Waals surface area contributed by atoms with Gasteiger partial charge < -0.3 is 5.11 Å². The highest BCUT2D eigenvalue weighted by molar-refractivity contribution is 9.10. The van der Waals surface area contributed by atoms with E-state index < -0.39 is 11.9 Å². The van der Waals surface area contributed by atoms with Crippen molar-refractivity contribution in [1.82, 2.24) is 4.98 Å². The van der Waals surface area contributed by atoms with Crippen LogP contribution in [-0.2, 0) is 0 Å². The van der Waals surface area contributed by atoms with Crippen molar-refractivity contribution >= 4 is 27.5 Å². The lowest BCUT2D eigenvalue weighted by Gasteiger charge is -2.13. The van der Waals surface area contributed by atoms with E-state index in [4.69, 9.17) is 11.6 Å². The van der Waals surface area contributed by atoms with Crippen molar-refractivity contribution in [2.24, 2.45) is 0 Å². The molecule has 88 valence electrons. The van der Waals surface area contributed by atoms with Crippen molar-refractivity contribution in [2.45, 2.75) is 6.10 Å². The summed E-state index contributed by atoms with van der Waals surface area (Å²) in [5.41, 5.74) is 1.01. The molecular weight excluding hydrogens is 308 g/mol. The maximum atomic E-state index is 13.0. The lowest BCUT2D eigenvalue weighted by Crippen LogP contribution is -2.01. The van der Waals surface area contributed by atoms with Crippen LogP contribution in [0.1, 0.15) is 17.2 Å². The number of aromatic nitrogens is 1. The van der Waals surface area contributed by atoms with E-state index in [1.165, 1.54) is 12.3 Å². The third-order valence-corrected chi connectivity index (χ3v) is 3.22. The fraction of sp³-hybridized carbons (Fsp3) is 0.0833. The molecule has 2 nitrogen and oxygen atoms in total. The maximum Gasteiger partial charge on any atom is 0.141 e. The molecule has 1 aromatic carbocycles. The fourth-order valence-electron chi connectivity index (χ4n) is 1.48. The van der Waals surface area contributed by atoms with Gasteiger partial charge in [-0.2, -0.15) is 0 Å². The lowest BCUT2D eigenvalue weighted by atomic mass is 10.0. The van der Waals surface area contributed by atoms with Gasteiger partial charge in [-0.1, -0.05) is 33.6 Å². The zero-order valence-corrected chi connectivity index (χ0v) is 10.9. The van der Waals surface area contributed by atoms with Crippen molar-refractivity contribution in [1.29, 1.82) is 0 Å². The van der Waals surface area contributed by atoms with Gasteiger partial charge in [-0.3, -0.25) is 4.98 Å². The van der Waals surface area contributed by atoms with Gasteiger partial charge in [0.05, 0.1) is 6.20 Å². The largest absolute Gasteiger partial charge is 0.384 e. The second-order valence-electron chi connectivity index (χ2n) is 3.50. The number of hydrogen-bond acceptors (Lipinski definition) is 2. The summed E-state index contributed by atoms with van der Waals surface area (Å²) in [6.07, 6.45) is 1.58. The van der Waals surface area contributed by atoms with Crippen LogP contribution in [0.25, 0.3) is 0 Å². The SMILES string of the molecule is OC(c1cncc(F)c1)c1ccc(Cl)cc1Br. The van der Waals surface area contributed by atoms with Gasteiger partial charge in [0, 0.05) is 21.3 Å². The second kappa shape index (κ2) is 5.12. The standard InChI is InChI=1S/C12H8BrClFNO/c13-11-4-8(14)1-2-10(11)12(17)7-3-9(15)6-16-5-7/h1-6,12,17H. The van der Waals surface area contributed by atoms with E-state index in [9.17, 15) is 9.50 Å². The lowest BCUT2D eigenvalue weighted by molar-refractivity contribution is 0.218. The van der Waals surface area contributed by atoms with Crippen LogP contribution in [0.2, 0.25) is 5.02 Å². The Morgan fingerprint density at radius 2 is 2.06 bits per heavy atom. The fourth-order valence-corrected chi connectivity index (χ4v) is 2.38. The van der Waals surface area contributed by atoms with Gasteiger partial charge in [0.25, 0.3) is 0 Å². The first-order valence-corrected chi connectivity index (χ1v) is 5.98. The van der Waals surface area contributed by atoms with Gasteiger partial charge in [-0.05, 0) is 23.8 Å². The Hall–Kier alpha value is -0.970. The van der Waals surface area contributed by atoms with Crippen molar-refractivity contribution in [3.63, 3.8) is 0 Å². The minimum atomic E-state index is -0.940. The van der Waals surface area contributed by atoms with Gasteiger partial charge in [0.15, 0.2) is 0 Å². The summed E-state index contributed by atoms with van der Waals surface area (Å²) in [5, 5.41) is 10.7. The Kier molecular flexibility index (Phi) is 3.76. The summed E-state index contributed by atoms with van der Waals surface area (Å²) in [7, 11) is 0. The van der Waals surface area contributed by atoms with E-state index in [0.29, 0.717) is 20.6 Å². The minimum Gasteiger partial charge on any atom is -0.384 e. The van der Waals surface area contributed by atoms with E-state index >= 15 is 0 Å². The number of nitrogens with zero attached hydrogens (tertiary/aromatic N) is 1. The monoisotopic (exact) mass is 315 g/mol. The second-order valence-corrected chi connectivity index (χ2v) is 4.80. The van der Waals surface area contributed by atoms with Crippen LogP contribution in [0.3, 0.4) is 0 Å². The Morgan fingerprint density at radius 1 is 1.29 bits per heavy atom. The van der Waals surface area contributed by atoms with Crippen molar-refractivity contribution in [2.75, 3.05) is 0 Å². The molecule has 0 aliphatic heterocycles. The highest BCUT2D eigenvalue weighted by atomic mass is 79.9. The van der Waals surface area contributed by atoms with Crippen molar-refractivity contribution in [3.05, 3.63) is 63.1 Å². The quantitative estimate of drug-likeness (QED) is 0.916.